The lowest BCUT2D eigenvalue weighted by Gasteiger charge is -2.46. The number of carboxylic acids is 1. The molecule has 4 aromatic carbocycles. The van der Waals surface area contributed by atoms with Gasteiger partial charge in [0.2, 0.25) is 5.91 Å². The highest BCUT2D eigenvalue weighted by molar-refractivity contribution is 6.11. The molecular weight excluding hydrogens is 551 g/mol. The summed E-state index contributed by atoms with van der Waals surface area (Å²) in [5.41, 5.74) is 0.613. The van der Waals surface area contributed by atoms with E-state index in [9.17, 15) is 23.9 Å². The van der Waals surface area contributed by atoms with Crippen LogP contribution in [0.5, 0.6) is 5.75 Å². The first-order valence-electron chi connectivity index (χ1n) is 13.9. The van der Waals surface area contributed by atoms with Crippen LogP contribution in [0.4, 0.5) is 10.1 Å². The second-order valence-electron chi connectivity index (χ2n) is 11.0. The minimum atomic E-state index is -1.89. The number of fused-ring (bicyclic) bond motifs is 3. The number of anilines is 1. The summed E-state index contributed by atoms with van der Waals surface area (Å²) in [5, 5.41) is 13.7. The molecule has 0 aromatic heterocycles. The van der Waals surface area contributed by atoms with Crippen LogP contribution >= 0.6 is 0 Å². The SMILES string of the molecule is COc1cccc([C@H]2N3[C@H](C(=O)O[C@H](c4ccccc4)[C@@H]3c3ccccc3)[C@@H](C(=O)O)[C@]23C(=O)Nc2ccc(F)cc23)c1. The fourth-order valence-corrected chi connectivity index (χ4v) is 7.36. The Morgan fingerprint density at radius 3 is 2.23 bits per heavy atom. The number of amides is 1. The first kappa shape index (κ1) is 26.9. The number of nitrogens with one attached hydrogen (secondary N) is 1. The molecule has 43 heavy (non-hydrogen) atoms. The van der Waals surface area contributed by atoms with Crippen molar-refractivity contribution in [2.75, 3.05) is 12.4 Å². The van der Waals surface area contributed by atoms with E-state index in [1.807, 2.05) is 65.6 Å². The number of methoxy groups -OCH3 is 1. The maximum Gasteiger partial charge on any atom is 0.325 e. The van der Waals surface area contributed by atoms with Crippen molar-refractivity contribution in [3.05, 3.63) is 131 Å². The lowest BCUT2D eigenvalue weighted by Crippen LogP contribution is -2.52. The zero-order valence-corrected chi connectivity index (χ0v) is 23.0. The van der Waals surface area contributed by atoms with Gasteiger partial charge in [-0.25, -0.2) is 4.39 Å². The van der Waals surface area contributed by atoms with Gasteiger partial charge in [-0.3, -0.25) is 19.3 Å². The van der Waals surface area contributed by atoms with Crippen molar-refractivity contribution in [1.29, 1.82) is 0 Å². The Balaban J connectivity index is 1.58. The Bertz CT molecular complexity index is 1750. The van der Waals surface area contributed by atoms with E-state index in [1.54, 1.807) is 24.3 Å². The molecule has 3 aliphatic rings. The molecule has 8 nitrogen and oxygen atoms in total. The Kier molecular flexibility index (Phi) is 6.28. The van der Waals surface area contributed by atoms with E-state index < -0.39 is 59.2 Å². The van der Waals surface area contributed by atoms with Crippen LogP contribution in [0.1, 0.15) is 40.4 Å². The first-order valence-corrected chi connectivity index (χ1v) is 13.9. The fourth-order valence-electron chi connectivity index (χ4n) is 7.36. The Morgan fingerprint density at radius 1 is 0.884 bits per heavy atom. The van der Waals surface area contributed by atoms with Gasteiger partial charge >= 0.3 is 11.9 Å². The maximum absolute atomic E-state index is 15.0. The number of halogens is 1. The maximum atomic E-state index is 15.0. The quantitative estimate of drug-likeness (QED) is 0.314. The normalized spacial score (nSPS) is 27.7. The van der Waals surface area contributed by atoms with Crippen LogP contribution in [0.2, 0.25) is 0 Å². The number of carbonyl (C=O) groups excluding carboxylic acids is 2. The predicted molar refractivity (Wildman–Crippen MR) is 154 cm³/mol. The topological polar surface area (TPSA) is 105 Å². The molecule has 1 spiro atoms. The standard InChI is InChI=1S/C34H27FN2O6/c1-42-23-14-8-13-21(17-23)30-34(24-18-22(35)15-16-25(24)36-33(34)41)26(31(38)39)28-32(40)43-29(20-11-6-3-7-12-20)27(37(28)30)19-9-4-2-5-10-19/h2-18,26-30H,1H3,(H,36,41)(H,38,39)/t26-,27-,28-,29+,30+,34-/m0/s1. The fraction of sp³-hybridized carbons (Fsp3) is 0.206. The number of hydrogen-bond acceptors (Lipinski definition) is 6. The molecule has 2 saturated heterocycles. The van der Waals surface area contributed by atoms with Gasteiger partial charge in [0.05, 0.1) is 19.2 Å². The van der Waals surface area contributed by atoms with Crippen LogP contribution in [-0.4, -0.2) is 41.0 Å². The summed E-state index contributed by atoms with van der Waals surface area (Å²) in [6, 6.07) is 26.3. The van der Waals surface area contributed by atoms with E-state index in [1.165, 1.54) is 25.3 Å². The minimum Gasteiger partial charge on any atom is -0.497 e. The number of benzene rings is 4. The molecule has 1 amide bonds. The number of morpholine rings is 1. The summed E-state index contributed by atoms with van der Waals surface area (Å²) in [6.07, 6.45) is -0.832. The molecule has 0 saturated carbocycles. The molecule has 6 atom stereocenters. The molecule has 9 heteroatoms. The van der Waals surface area contributed by atoms with E-state index in [0.29, 0.717) is 22.6 Å². The zero-order chi connectivity index (χ0) is 29.9. The van der Waals surface area contributed by atoms with Gasteiger partial charge in [-0.2, -0.15) is 0 Å². The van der Waals surface area contributed by atoms with Crippen LogP contribution in [0, 0.1) is 11.7 Å². The van der Waals surface area contributed by atoms with Crippen molar-refractivity contribution in [3.63, 3.8) is 0 Å². The molecule has 7 rings (SSSR count). The van der Waals surface area contributed by atoms with Gasteiger partial charge in [0.25, 0.3) is 0 Å². The number of cyclic esters (lactones) is 1. The third-order valence-corrected chi connectivity index (χ3v) is 8.95. The largest absolute Gasteiger partial charge is 0.497 e. The van der Waals surface area contributed by atoms with E-state index in [-0.39, 0.29) is 5.56 Å². The molecule has 3 aliphatic heterocycles. The van der Waals surface area contributed by atoms with Crippen molar-refractivity contribution in [2.45, 2.75) is 29.6 Å². The number of carbonyl (C=O) groups is 3. The van der Waals surface area contributed by atoms with Crippen LogP contribution in [0.15, 0.2) is 103 Å². The first-order chi connectivity index (χ1) is 20.9. The number of rotatable bonds is 5. The van der Waals surface area contributed by atoms with Gasteiger partial charge in [0, 0.05) is 5.69 Å². The van der Waals surface area contributed by atoms with Gasteiger partial charge < -0.3 is 19.9 Å². The molecule has 0 unspecified atom stereocenters. The molecule has 0 bridgehead atoms. The summed E-state index contributed by atoms with van der Waals surface area (Å²) < 4.78 is 26.6. The summed E-state index contributed by atoms with van der Waals surface area (Å²) in [5.74, 6) is -4.51. The zero-order valence-electron chi connectivity index (χ0n) is 23.0. The predicted octanol–water partition coefficient (Wildman–Crippen LogP) is 5.19. The van der Waals surface area contributed by atoms with E-state index in [2.05, 4.69) is 5.32 Å². The van der Waals surface area contributed by atoms with Crippen LogP contribution in [-0.2, 0) is 24.5 Å². The molecule has 2 N–H and O–H groups in total. The van der Waals surface area contributed by atoms with Crippen LogP contribution in [0.25, 0.3) is 0 Å². The molecule has 4 aromatic rings. The van der Waals surface area contributed by atoms with Crippen LogP contribution in [0.3, 0.4) is 0 Å². The van der Waals surface area contributed by atoms with Crippen molar-refractivity contribution < 1.29 is 33.4 Å². The molecular formula is C34H27FN2O6. The molecule has 0 aliphatic carbocycles. The van der Waals surface area contributed by atoms with E-state index >= 15 is 0 Å². The van der Waals surface area contributed by atoms with Gasteiger partial charge in [-0.15, -0.1) is 0 Å². The van der Waals surface area contributed by atoms with E-state index in [0.717, 1.165) is 5.56 Å². The molecule has 0 radical (unpaired) electrons. The lowest BCUT2D eigenvalue weighted by molar-refractivity contribution is -0.179. The third kappa shape index (κ3) is 3.88. The van der Waals surface area contributed by atoms with Crippen molar-refractivity contribution >= 4 is 23.5 Å². The highest BCUT2D eigenvalue weighted by Gasteiger charge is 2.74. The number of nitrogens with zero attached hydrogens (tertiary/aromatic N) is 1. The van der Waals surface area contributed by atoms with Gasteiger partial charge in [0.15, 0.2) is 0 Å². The number of carboxylic acid groups (broad SMARTS) is 1. The summed E-state index contributed by atoms with van der Waals surface area (Å²) in [4.78, 5) is 43.7. The van der Waals surface area contributed by atoms with Crippen molar-refractivity contribution in [3.8, 4) is 5.75 Å². The smallest absolute Gasteiger partial charge is 0.325 e. The average Bonchev–Trinajstić information content (AvgIpc) is 3.50. The van der Waals surface area contributed by atoms with E-state index in [4.69, 9.17) is 9.47 Å². The van der Waals surface area contributed by atoms with Gasteiger partial charge in [-0.05, 0) is 52.6 Å². The van der Waals surface area contributed by atoms with Gasteiger partial charge in [-0.1, -0.05) is 72.8 Å². The summed E-state index contributed by atoms with van der Waals surface area (Å²) in [7, 11) is 1.51. The highest BCUT2D eigenvalue weighted by atomic mass is 19.1. The number of aliphatic carboxylic acids is 1. The molecule has 2 fully saturated rings. The monoisotopic (exact) mass is 578 g/mol. The molecule has 216 valence electrons. The second kappa shape index (κ2) is 10.1. The molecule has 3 heterocycles. The minimum absolute atomic E-state index is 0.183. The third-order valence-electron chi connectivity index (χ3n) is 8.95. The highest BCUT2D eigenvalue weighted by Crippen LogP contribution is 2.64. The summed E-state index contributed by atoms with van der Waals surface area (Å²) >= 11 is 0. The number of esters is 1. The summed E-state index contributed by atoms with van der Waals surface area (Å²) in [6.45, 7) is 0. The number of ether oxygens (including phenoxy) is 2. The van der Waals surface area contributed by atoms with Gasteiger partial charge in [0.1, 0.15) is 35.0 Å². The lowest BCUT2D eigenvalue weighted by atomic mass is 9.65. The van der Waals surface area contributed by atoms with Crippen molar-refractivity contribution in [1.82, 2.24) is 4.90 Å². The Labute approximate surface area is 246 Å². The second-order valence-corrected chi connectivity index (χ2v) is 11.0. The Hall–Kier alpha value is -5.02. The number of hydrogen-bond donors (Lipinski definition) is 2. The van der Waals surface area contributed by atoms with Crippen molar-refractivity contribution in [2.24, 2.45) is 5.92 Å². The van der Waals surface area contributed by atoms with Crippen LogP contribution < -0.4 is 10.1 Å². The average molecular weight is 579 g/mol. The Morgan fingerprint density at radius 2 is 1.56 bits per heavy atom.